The van der Waals surface area contributed by atoms with Crippen molar-refractivity contribution in [3.63, 3.8) is 0 Å². The van der Waals surface area contributed by atoms with Gasteiger partial charge in [0, 0.05) is 45.3 Å². The number of piperazine rings is 1. The Labute approximate surface area is 153 Å². The largest absolute Gasteiger partial charge is 0.339 e. The second-order valence-corrected chi connectivity index (χ2v) is 8.52. The van der Waals surface area contributed by atoms with E-state index in [0.29, 0.717) is 25.9 Å². The zero-order chi connectivity index (χ0) is 18.9. The van der Waals surface area contributed by atoms with Crippen LogP contribution in [0.25, 0.3) is 0 Å². The summed E-state index contributed by atoms with van der Waals surface area (Å²) in [6.45, 7) is 2.54. The van der Waals surface area contributed by atoms with E-state index < -0.39 is 10.0 Å². The predicted molar refractivity (Wildman–Crippen MR) is 97.4 cm³/mol. The fraction of sp³-hybridized carbons (Fsp3) is 0.529. The summed E-state index contributed by atoms with van der Waals surface area (Å²) >= 11 is 0. The molecule has 0 aliphatic carbocycles. The average Bonchev–Trinajstić information content (AvgIpc) is 2.63. The van der Waals surface area contributed by atoms with Gasteiger partial charge in [-0.1, -0.05) is 0 Å². The van der Waals surface area contributed by atoms with Crippen molar-refractivity contribution in [2.75, 3.05) is 51.7 Å². The Kier molecular flexibility index (Phi) is 5.31. The molecule has 1 fully saturated rings. The molecule has 0 spiro atoms. The van der Waals surface area contributed by atoms with Crippen molar-refractivity contribution in [1.29, 1.82) is 0 Å². The number of fused-ring (bicyclic) bond motifs is 1. The summed E-state index contributed by atoms with van der Waals surface area (Å²) in [7, 11) is -0.107. The SMILES string of the molecule is CN1CCN(C(=O)CNS(=O)(=O)c2ccc3c(c2)CCC(=O)N3C)CC1. The van der Waals surface area contributed by atoms with E-state index in [4.69, 9.17) is 0 Å². The van der Waals surface area contributed by atoms with E-state index in [2.05, 4.69) is 9.62 Å². The predicted octanol–water partition coefficient (Wildman–Crippen LogP) is -0.352. The zero-order valence-electron chi connectivity index (χ0n) is 15.1. The molecule has 142 valence electrons. The lowest BCUT2D eigenvalue weighted by molar-refractivity contribution is -0.131. The molecule has 1 N–H and O–H groups in total. The van der Waals surface area contributed by atoms with Crippen LogP contribution in [-0.4, -0.2) is 76.9 Å². The standard InChI is InChI=1S/C17H24N4O4S/c1-19-7-9-21(10-8-19)17(23)12-18-26(24,25)14-4-5-15-13(11-14)3-6-16(22)20(15)2/h4-5,11,18H,3,6-10,12H2,1-2H3. The van der Waals surface area contributed by atoms with Gasteiger partial charge in [0.05, 0.1) is 11.4 Å². The summed E-state index contributed by atoms with van der Waals surface area (Å²) in [5.74, 6) is -0.200. The summed E-state index contributed by atoms with van der Waals surface area (Å²) < 4.78 is 27.5. The maximum atomic E-state index is 12.5. The monoisotopic (exact) mass is 380 g/mol. The van der Waals surface area contributed by atoms with E-state index in [1.807, 2.05) is 7.05 Å². The third-order valence-corrected chi connectivity index (χ3v) is 6.37. The Morgan fingerprint density at radius 2 is 1.81 bits per heavy atom. The van der Waals surface area contributed by atoms with Crippen molar-refractivity contribution in [3.05, 3.63) is 23.8 Å². The van der Waals surface area contributed by atoms with Gasteiger partial charge in [-0.25, -0.2) is 13.1 Å². The molecule has 0 bridgehead atoms. The van der Waals surface area contributed by atoms with Gasteiger partial charge in [0.15, 0.2) is 0 Å². The minimum atomic E-state index is -3.78. The van der Waals surface area contributed by atoms with Crippen LogP contribution in [0, 0.1) is 0 Å². The summed E-state index contributed by atoms with van der Waals surface area (Å²) in [6.07, 6.45) is 0.879. The lowest BCUT2D eigenvalue weighted by Crippen LogP contribution is -2.50. The number of benzene rings is 1. The first-order valence-corrected chi connectivity index (χ1v) is 10.1. The van der Waals surface area contributed by atoms with Gasteiger partial charge in [-0.15, -0.1) is 0 Å². The lowest BCUT2D eigenvalue weighted by Gasteiger charge is -2.32. The highest BCUT2D eigenvalue weighted by atomic mass is 32.2. The number of hydrogen-bond acceptors (Lipinski definition) is 5. The van der Waals surface area contributed by atoms with Crippen molar-refractivity contribution >= 4 is 27.5 Å². The molecule has 3 rings (SSSR count). The molecule has 1 aromatic rings. The first-order chi connectivity index (χ1) is 12.3. The maximum Gasteiger partial charge on any atom is 0.241 e. The molecule has 0 unspecified atom stereocenters. The molecule has 0 atom stereocenters. The molecular weight excluding hydrogens is 356 g/mol. The van der Waals surface area contributed by atoms with E-state index in [1.165, 1.54) is 6.07 Å². The van der Waals surface area contributed by atoms with Crippen molar-refractivity contribution in [1.82, 2.24) is 14.5 Å². The van der Waals surface area contributed by atoms with Crippen LogP contribution < -0.4 is 9.62 Å². The Bertz CT molecular complexity index is 816. The molecule has 0 aromatic heterocycles. The minimum absolute atomic E-state index is 0.0176. The van der Waals surface area contributed by atoms with Crippen LogP contribution >= 0.6 is 0 Å². The Morgan fingerprint density at radius 3 is 2.50 bits per heavy atom. The fourth-order valence-corrected chi connectivity index (χ4v) is 4.23. The number of hydrogen-bond donors (Lipinski definition) is 1. The third kappa shape index (κ3) is 3.89. The van der Waals surface area contributed by atoms with Crippen LogP contribution in [0.15, 0.2) is 23.1 Å². The van der Waals surface area contributed by atoms with Crippen LogP contribution in [0.4, 0.5) is 5.69 Å². The first-order valence-electron chi connectivity index (χ1n) is 8.63. The number of amides is 2. The van der Waals surface area contributed by atoms with Crippen LogP contribution in [-0.2, 0) is 26.0 Å². The van der Waals surface area contributed by atoms with Crippen molar-refractivity contribution < 1.29 is 18.0 Å². The molecule has 2 aliphatic rings. The second kappa shape index (κ2) is 7.34. The van der Waals surface area contributed by atoms with Crippen molar-refractivity contribution in [2.45, 2.75) is 17.7 Å². The number of carbonyl (C=O) groups excluding carboxylic acids is 2. The summed E-state index contributed by atoms with van der Waals surface area (Å²) in [5.41, 5.74) is 1.55. The van der Waals surface area contributed by atoms with Gasteiger partial charge >= 0.3 is 0 Å². The highest BCUT2D eigenvalue weighted by molar-refractivity contribution is 7.89. The molecule has 1 saturated heterocycles. The van der Waals surface area contributed by atoms with Crippen molar-refractivity contribution in [2.24, 2.45) is 0 Å². The molecule has 1 aromatic carbocycles. The summed E-state index contributed by atoms with van der Waals surface area (Å²) in [6, 6.07) is 4.70. The molecule has 2 aliphatic heterocycles. The van der Waals surface area contributed by atoms with Crippen LogP contribution in [0.5, 0.6) is 0 Å². The van der Waals surface area contributed by atoms with Crippen LogP contribution in [0.3, 0.4) is 0 Å². The molecule has 8 nitrogen and oxygen atoms in total. The number of anilines is 1. The lowest BCUT2D eigenvalue weighted by atomic mass is 10.0. The van der Waals surface area contributed by atoms with Gasteiger partial charge in [-0.3, -0.25) is 9.59 Å². The van der Waals surface area contributed by atoms with E-state index in [1.54, 1.807) is 29.0 Å². The van der Waals surface area contributed by atoms with Crippen molar-refractivity contribution in [3.8, 4) is 0 Å². The zero-order valence-corrected chi connectivity index (χ0v) is 15.9. The molecule has 26 heavy (non-hydrogen) atoms. The van der Waals surface area contributed by atoms with Gasteiger partial charge in [0.1, 0.15) is 0 Å². The molecule has 0 radical (unpaired) electrons. The molecular formula is C17H24N4O4S. The quantitative estimate of drug-likeness (QED) is 0.771. The second-order valence-electron chi connectivity index (χ2n) is 6.75. The number of nitrogens with zero attached hydrogens (tertiary/aromatic N) is 3. The number of rotatable bonds is 4. The Morgan fingerprint density at radius 1 is 1.12 bits per heavy atom. The first kappa shape index (κ1) is 18.8. The average molecular weight is 380 g/mol. The van der Waals surface area contributed by atoms with Gasteiger partial charge < -0.3 is 14.7 Å². The van der Waals surface area contributed by atoms with E-state index >= 15 is 0 Å². The highest BCUT2D eigenvalue weighted by Gasteiger charge is 2.25. The van der Waals surface area contributed by atoms with E-state index in [0.717, 1.165) is 24.3 Å². The summed E-state index contributed by atoms with van der Waals surface area (Å²) in [5, 5.41) is 0. The van der Waals surface area contributed by atoms with E-state index in [-0.39, 0.29) is 23.3 Å². The van der Waals surface area contributed by atoms with Gasteiger partial charge in [-0.05, 0) is 37.2 Å². The number of nitrogens with one attached hydrogen (secondary N) is 1. The molecule has 2 heterocycles. The highest BCUT2D eigenvalue weighted by Crippen LogP contribution is 2.28. The topological polar surface area (TPSA) is 90.0 Å². The minimum Gasteiger partial charge on any atom is -0.339 e. The molecule has 0 saturated carbocycles. The van der Waals surface area contributed by atoms with Gasteiger partial charge in [0.25, 0.3) is 0 Å². The number of aryl methyl sites for hydroxylation is 1. The summed E-state index contributed by atoms with van der Waals surface area (Å²) in [4.78, 5) is 29.4. The maximum absolute atomic E-state index is 12.5. The third-order valence-electron chi connectivity index (χ3n) is 4.97. The number of sulfonamides is 1. The Hall–Kier alpha value is -1.97. The molecule has 9 heteroatoms. The number of likely N-dealkylation sites (N-methyl/N-ethyl adjacent to an activating group) is 1. The van der Waals surface area contributed by atoms with E-state index in [9.17, 15) is 18.0 Å². The smallest absolute Gasteiger partial charge is 0.241 e. The fourth-order valence-electron chi connectivity index (χ4n) is 3.21. The van der Waals surface area contributed by atoms with Gasteiger partial charge in [0.2, 0.25) is 21.8 Å². The normalized spacial score (nSPS) is 18.8. The molecule has 2 amide bonds. The van der Waals surface area contributed by atoms with Crippen LogP contribution in [0.2, 0.25) is 0 Å². The van der Waals surface area contributed by atoms with Gasteiger partial charge in [-0.2, -0.15) is 0 Å². The number of carbonyl (C=O) groups is 2. The van der Waals surface area contributed by atoms with Crippen LogP contribution in [0.1, 0.15) is 12.0 Å². The Balaban J connectivity index is 1.67.